The molecular formula is C20H23FN2O6S2. The number of methoxy groups -OCH3 is 1. The van der Waals surface area contributed by atoms with Gasteiger partial charge in [-0.1, -0.05) is 12.8 Å². The van der Waals surface area contributed by atoms with Crippen molar-refractivity contribution in [2.75, 3.05) is 24.9 Å². The molecule has 0 bridgehead atoms. The number of hydrogen-bond acceptors (Lipinski definition) is 6. The molecule has 168 valence electrons. The Hall–Kier alpha value is -2.50. The highest BCUT2D eigenvalue weighted by Gasteiger charge is 2.26. The maximum Gasteiger partial charge on any atom is 0.337 e. The van der Waals surface area contributed by atoms with E-state index in [0.717, 1.165) is 51.0 Å². The van der Waals surface area contributed by atoms with Crippen LogP contribution in [0.2, 0.25) is 0 Å². The lowest BCUT2D eigenvalue weighted by molar-refractivity contribution is 0.0600. The predicted octanol–water partition coefficient (Wildman–Crippen LogP) is 2.98. The van der Waals surface area contributed by atoms with Crippen LogP contribution < -0.4 is 4.72 Å². The molecule has 0 amide bonds. The van der Waals surface area contributed by atoms with Crippen molar-refractivity contribution >= 4 is 31.7 Å². The van der Waals surface area contributed by atoms with E-state index in [0.29, 0.717) is 13.1 Å². The molecule has 2 aromatic carbocycles. The number of rotatable bonds is 6. The van der Waals surface area contributed by atoms with Gasteiger partial charge in [0, 0.05) is 18.8 Å². The van der Waals surface area contributed by atoms with Crippen LogP contribution in [0.5, 0.6) is 0 Å². The van der Waals surface area contributed by atoms with Crippen molar-refractivity contribution in [1.82, 2.24) is 4.31 Å². The highest BCUT2D eigenvalue weighted by Crippen LogP contribution is 2.24. The summed E-state index contributed by atoms with van der Waals surface area (Å²) in [6.45, 7) is 0.902. The largest absolute Gasteiger partial charge is 0.465 e. The second kappa shape index (κ2) is 9.33. The van der Waals surface area contributed by atoms with Gasteiger partial charge in [0.25, 0.3) is 10.0 Å². The summed E-state index contributed by atoms with van der Waals surface area (Å²) in [7, 11) is -6.93. The van der Waals surface area contributed by atoms with Crippen LogP contribution in [0.15, 0.2) is 52.3 Å². The number of ether oxygens (including phenoxy) is 1. The predicted molar refractivity (Wildman–Crippen MR) is 112 cm³/mol. The molecule has 1 saturated heterocycles. The van der Waals surface area contributed by atoms with Crippen LogP contribution in [-0.2, 0) is 24.8 Å². The molecule has 2 aromatic rings. The number of sulfonamides is 2. The lowest BCUT2D eigenvalue weighted by Crippen LogP contribution is -2.31. The van der Waals surface area contributed by atoms with Crippen LogP contribution in [0.1, 0.15) is 36.0 Å². The van der Waals surface area contributed by atoms with Crippen molar-refractivity contribution in [3.63, 3.8) is 0 Å². The molecule has 0 atom stereocenters. The minimum atomic E-state index is -4.37. The quantitative estimate of drug-likeness (QED) is 0.650. The normalized spacial score (nSPS) is 15.8. The molecule has 1 aliphatic rings. The van der Waals surface area contributed by atoms with Gasteiger partial charge in [-0.05, 0) is 55.3 Å². The Labute approximate surface area is 181 Å². The minimum Gasteiger partial charge on any atom is -0.465 e. The van der Waals surface area contributed by atoms with E-state index in [-0.39, 0.29) is 16.1 Å². The van der Waals surface area contributed by atoms with E-state index in [2.05, 4.69) is 9.46 Å². The fourth-order valence-corrected chi connectivity index (χ4v) is 5.97. The molecule has 0 aliphatic carbocycles. The van der Waals surface area contributed by atoms with Crippen molar-refractivity contribution in [2.24, 2.45) is 0 Å². The van der Waals surface area contributed by atoms with Gasteiger partial charge in [0.1, 0.15) is 10.7 Å². The van der Waals surface area contributed by atoms with Crippen molar-refractivity contribution in [2.45, 2.75) is 35.5 Å². The lowest BCUT2D eigenvalue weighted by atomic mass is 10.2. The summed E-state index contributed by atoms with van der Waals surface area (Å²) in [5.41, 5.74) is -0.0687. The van der Waals surface area contributed by atoms with Gasteiger partial charge in [-0.25, -0.2) is 26.0 Å². The summed E-state index contributed by atoms with van der Waals surface area (Å²) in [5.74, 6) is -1.85. The summed E-state index contributed by atoms with van der Waals surface area (Å²) in [6.07, 6.45) is 3.57. The van der Waals surface area contributed by atoms with Gasteiger partial charge in [0.2, 0.25) is 10.0 Å². The van der Waals surface area contributed by atoms with Gasteiger partial charge in [-0.15, -0.1) is 0 Å². The summed E-state index contributed by atoms with van der Waals surface area (Å²) >= 11 is 0. The van der Waals surface area contributed by atoms with Gasteiger partial charge in [-0.2, -0.15) is 4.31 Å². The molecular weight excluding hydrogens is 447 g/mol. The molecule has 3 rings (SSSR count). The van der Waals surface area contributed by atoms with E-state index in [1.54, 1.807) is 0 Å². The van der Waals surface area contributed by atoms with Gasteiger partial charge in [0.05, 0.1) is 17.6 Å². The van der Waals surface area contributed by atoms with E-state index in [1.807, 2.05) is 0 Å². The first-order valence-corrected chi connectivity index (χ1v) is 12.6. The molecule has 0 saturated carbocycles. The van der Waals surface area contributed by atoms with Crippen molar-refractivity contribution in [1.29, 1.82) is 0 Å². The highest BCUT2D eigenvalue weighted by molar-refractivity contribution is 7.92. The minimum absolute atomic E-state index is 0.0521. The standard InChI is InChI=1S/C20H23FN2O6S2/c1-29-20(24)15-6-11-18(21)19(14-15)30(25,26)22-16-7-9-17(10-8-16)31(27,28)23-12-4-2-3-5-13-23/h6-11,14,22H,2-5,12-13H2,1H3. The molecule has 0 spiro atoms. The number of carbonyl (C=O) groups excluding carboxylic acids is 1. The monoisotopic (exact) mass is 470 g/mol. The molecule has 0 unspecified atom stereocenters. The molecule has 1 heterocycles. The molecule has 8 nitrogen and oxygen atoms in total. The van der Waals surface area contributed by atoms with Crippen LogP contribution in [0, 0.1) is 5.82 Å². The van der Waals surface area contributed by atoms with Crippen LogP contribution in [0.3, 0.4) is 0 Å². The summed E-state index contributed by atoms with van der Waals surface area (Å²) < 4.78 is 73.2. The average molecular weight is 471 g/mol. The first-order valence-electron chi connectivity index (χ1n) is 9.66. The molecule has 1 N–H and O–H groups in total. The fourth-order valence-electron chi connectivity index (χ4n) is 3.29. The molecule has 0 aromatic heterocycles. The smallest absolute Gasteiger partial charge is 0.337 e. The Morgan fingerprint density at radius 1 is 0.968 bits per heavy atom. The molecule has 11 heteroatoms. The Balaban J connectivity index is 1.83. The first kappa shape index (κ1) is 23.2. The number of anilines is 1. The third kappa shape index (κ3) is 5.23. The maximum absolute atomic E-state index is 14.1. The Bertz CT molecular complexity index is 1160. The Morgan fingerprint density at radius 3 is 2.16 bits per heavy atom. The fraction of sp³-hybridized carbons (Fsp3) is 0.350. The topological polar surface area (TPSA) is 110 Å². The number of halogens is 1. The van der Waals surface area contributed by atoms with Crippen LogP contribution >= 0.6 is 0 Å². The second-order valence-corrected chi connectivity index (χ2v) is 10.7. The van der Waals surface area contributed by atoms with E-state index < -0.39 is 36.7 Å². The third-order valence-corrected chi connectivity index (χ3v) is 8.26. The molecule has 1 aliphatic heterocycles. The van der Waals surface area contributed by atoms with Crippen LogP contribution in [0.25, 0.3) is 0 Å². The molecule has 0 radical (unpaired) electrons. The van der Waals surface area contributed by atoms with E-state index in [1.165, 1.54) is 28.6 Å². The van der Waals surface area contributed by atoms with Gasteiger partial charge < -0.3 is 4.74 Å². The van der Waals surface area contributed by atoms with Crippen molar-refractivity contribution in [3.05, 3.63) is 53.8 Å². The average Bonchev–Trinajstić information content (AvgIpc) is 3.03. The highest BCUT2D eigenvalue weighted by atomic mass is 32.2. The van der Waals surface area contributed by atoms with Crippen LogP contribution in [0.4, 0.5) is 10.1 Å². The van der Waals surface area contributed by atoms with Gasteiger partial charge in [-0.3, -0.25) is 4.72 Å². The number of esters is 1. The Morgan fingerprint density at radius 2 is 1.58 bits per heavy atom. The SMILES string of the molecule is COC(=O)c1ccc(F)c(S(=O)(=O)Nc2ccc(S(=O)(=O)N3CCCCCC3)cc2)c1. The summed E-state index contributed by atoms with van der Waals surface area (Å²) in [5, 5.41) is 0. The third-order valence-electron chi connectivity index (χ3n) is 4.95. The number of nitrogens with zero attached hydrogens (tertiary/aromatic N) is 1. The van der Waals surface area contributed by atoms with E-state index in [4.69, 9.17) is 0 Å². The molecule has 1 fully saturated rings. The number of benzene rings is 2. The zero-order valence-corrected chi connectivity index (χ0v) is 18.5. The number of carbonyl (C=O) groups is 1. The summed E-state index contributed by atoms with van der Waals surface area (Å²) in [6, 6.07) is 8.05. The maximum atomic E-state index is 14.1. The van der Waals surface area contributed by atoms with Crippen molar-refractivity contribution in [3.8, 4) is 0 Å². The number of nitrogens with one attached hydrogen (secondary N) is 1. The molecule has 31 heavy (non-hydrogen) atoms. The lowest BCUT2D eigenvalue weighted by Gasteiger charge is -2.20. The van der Waals surface area contributed by atoms with E-state index >= 15 is 0 Å². The zero-order valence-electron chi connectivity index (χ0n) is 16.9. The number of hydrogen-bond donors (Lipinski definition) is 1. The van der Waals surface area contributed by atoms with Crippen LogP contribution in [-0.4, -0.2) is 47.3 Å². The summed E-state index contributed by atoms with van der Waals surface area (Å²) in [4.78, 5) is 11.0. The zero-order chi connectivity index (χ0) is 22.6. The van der Waals surface area contributed by atoms with Gasteiger partial charge in [0.15, 0.2) is 0 Å². The van der Waals surface area contributed by atoms with Gasteiger partial charge >= 0.3 is 5.97 Å². The second-order valence-electron chi connectivity index (χ2n) is 7.08. The van der Waals surface area contributed by atoms with Crippen molar-refractivity contribution < 1.29 is 30.8 Å². The Kier molecular flexibility index (Phi) is 6.97. The van der Waals surface area contributed by atoms with E-state index in [9.17, 15) is 26.0 Å². The first-order chi connectivity index (χ1) is 14.6.